The highest BCUT2D eigenvalue weighted by molar-refractivity contribution is 6.98. The van der Waals surface area contributed by atoms with E-state index in [9.17, 15) is 0 Å². The molecule has 0 N–H and O–H groups in total. The van der Waals surface area contributed by atoms with E-state index >= 15 is 0 Å². The van der Waals surface area contributed by atoms with Crippen molar-refractivity contribution in [2.75, 3.05) is 0 Å². The van der Waals surface area contributed by atoms with Crippen molar-refractivity contribution in [2.45, 2.75) is 34.6 Å². The fourth-order valence-electron chi connectivity index (χ4n) is 5.98. The minimum absolute atomic E-state index is 0.196. The second kappa shape index (κ2) is 7.21. The Labute approximate surface area is 196 Å². The normalized spacial score (nSPS) is 12.3. The van der Waals surface area contributed by atoms with Crippen molar-refractivity contribution < 1.29 is 0 Å². The minimum atomic E-state index is 0.196. The first-order valence-corrected chi connectivity index (χ1v) is 11.7. The number of nitrogens with zero attached hydrogens (tertiary/aromatic N) is 2. The van der Waals surface area contributed by atoms with Gasteiger partial charge >= 0.3 is 0 Å². The van der Waals surface area contributed by atoms with Gasteiger partial charge in [0.15, 0.2) is 0 Å². The van der Waals surface area contributed by atoms with Crippen molar-refractivity contribution in [3.63, 3.8) is 0 Å². The zero-order chi connectivity index (χ0) is 22.9. The number of fused-ring (bicyclic) bond motifs is 2. The SMILES string of the molecule is Cc1cc(C)cc(-c2nc3cccc4c3n2-c2ccccc2B4c2c(C)cc(C)cc2C)c1. The van der Waals surface area contributed by atoms with Gasteiger partial charge in [-0.15, -0.1) is 0 Å². The minimum Gasteiger partial charge on any atom is -0.293 e. The van der Waals surface area contributed by atoms with Crippen LogP contribution in [0.4, 0.5) is 0 Å². The first-order chi connectivity index (χ1) is 15.9. The Balaban J connectivity index is 1.74. The van der Waals surface area contributed by atoms with Crippen molar-refractivity contribution in [3.05, 3.63) is 101 Å². The van der Waals surface area contributed by atoms with Gasteiger partial charge in [-0.05, 0) is 69.8 Å². The van der Waals surface area contributed by atoms with E-state index in [1.165, 1.54) is 61.0 Å². The van der Waals surface area contributed by atoms with Gasteiger partial charge in [-0.3, -0.25) is 4.57 Å². The van der Waals surface area contributed by atoms with Gasteiger partial charge in [-0.25, -0.2) is 4.98 Å². The summed E-state index contributed by atoms with van der Waals surface area (Å²) < 4.78 is 2.39. The van der Waals surface area contributed by atoms with Crippen molar-refractivity contribution in [1.82, 2.24) is 9.55 Å². The van der Waals surface area contributed by atoms with Gasteiger partial charge in [0.2, 0.25) is 6.71 Å². The number of rotatable bonds is 2. The summed E-state index contributed by atoms with van der Waals surface area (Å²) >= 11 is 0. The molecule has 0 aliphatic carbocycles. The maximum atomic E-state index is 5.19. The average molecular weight is 426 g/mol. The summed E-state index contributed by atoms with van der Waals surface area (Å²) in [4.78, 5) is 5.19. The molecule has 0 unspecified atom stereocenters. The molecule has 0 fully saturated rings. The Bertz CT molecular complexity index is 1530. The summed E-state index contributed by atoms with van der Waals surface area (Å²) in [5.41, 5.74) is 15.3. The Morgan fingerprint density at radius 2 is 1.30 bits per heavy atom. The standard InChI is InChI=1S/C30H27BN2/c1-18-13-19(2)17-23(16-18)30-32-26-11-8-10-25-29(26)33(30)27-12-7-6-9-24(27)31(25)28-21(4)14-20(3)15-22(28)5/h6-17H,1-5H3. The summed E-state index contributed by atoms with van der Waals surface area (Å²) in [6.07, 6.45) is 0. The molecule has 33 heavy (non-hydrogen) atoms. The maximum Gasteiger partial charge on any atom is 0.247 e. The van der Waals surface area contributed by atoms with Crippen LogP contribution in [0.3, 0.4) is 0 Å². The fourth-order valence-corrected chi connectivity index (χ4v) is 5.98. The molecule has 160 valence electrons. The lowest BCUT2D eigenvalue weighted by Crippen LogP contribution is -2.57. The third kappa shape index (κ3) is 2.99. The van der Waals surface area contributed by atoms with Crippen LogP contribution in [0.1, 0.15) is 27.8 Å². The largest absolute Gasteiger partial charge is 0.293 e. The Morgan fingerprint density at radius 3 is 2.03 bits per heavy atom. The van der Waals surface area contributed by atoms with Gasteiger partial charge in [-0.1, -0.05) is 81.8 Å². The summed E-state index contributed by atoms with van der Waals surface area (Å²) in [5.74, 6) is 1.02. The molecule has 5 aromatic rings. The molecular formula is C30H27BN2. The Morgan fingerprint density at radius 1 is 0.667 bits per heavy atom. The molecule has 0 radical (unpaired) electrons. The van der Waals surface area contributed by atoms with E-state index < -0.39 is 0 Å². The lowest BCUT2D eigenvalue weighted by atomic mass is 9.34. The predicted molar refractivity (Wildman–Crippen MR) is 141 cm³/mol. The van der Waals surface area contributed by atoms with Crippen molar-refractivity contribution in [3.8, 4) is 17.1 Å². The number of benzene rings is 4. The van der Waals surface area contributed by atoms with Gasteiger partial charge in [0, 0.05) is 11.3 Å². The zero-order valence-electron chi connectivity index (χ0n) is 19.9. The number of aromatic nitrogens is 2. The number of imidazole rings is 1. The molecule has 0 spiro atoms. The summed E-state index contributed by atoms with van der Waals surface area (Å²) in [6, 6.07) is 26.8. The first kappa shape index (κ1) is 20.1. The molecule has 0 saturated heterocycles. The van der Waals surface area contributed by atoms with E-state index in [-0.39, 0.29) is 6.71 Å². The lowest BCUT2D eigenvalue weighted by molar-refractivity contribution is 1.11. The second-order valence-electron chi connectivity index (χ2n) is 9.67. The molecule has 3 heteroatoms. The smallest absolute Gasteiger partial charge is 0.247 e. The van der Waals surface area contributed by atoms with Crippen LogP contribution in [0.5, 0.6) is 0 Å². The summed E-state index contributed by atoms with van der Waals surface area (Å²) in [6.45, 7) is 11.2. The monoisotopic (exact) mass is 426 g/mol. The highest BCUT2D eigenvalue weighted by Crippen LogP contribution is 2.31. The third-order valence-electron chi connectivity index (χ3n) is 7.01. The summed E-state index contributed by atoms with van der Waals surface area (Å²) in [5, 5.41) is 0. The van der Waals surface area contributed by atoms with Crippen molar-refractivity contribution >= 4 is 34.1 Å². The topological polar surface area (TPSA) is 17.8 Å². The molecule has 2 nitrogen and oxygen atoms in total. The quantitative estimate of drug-likeness (QED) is 0.354. The van der Waals surface area contributed by atoms with Gasteiger partial charge in [0.25, 0.3) is 0 Å². The lowest BCUT2D eigenvalue weighted by Gasteiger charge is -2.29. The molecule has 4 aromatic carbocycles. The number of hydrogen-bond donors (Lipinski definition) is 0. The van der Waals surface area contributed by atoms with E-state index in [0.717, 1.165) is 11.3 Å². The van der Waals surface area contributed by atoms with Crippen LogP contribution < -0.4 is 16.4 Å². The van der Waals surface area contributed by atoms with E-state index in [2.05, 4.69) is 112 Å². The van der Waals surface area contributed by atoms with Crippen molar-refractivity contribution in [1.29, 1.82) is 0 Å². The van der Waals surface area contributed by atoms with Crippen LogP contribution >= 0.6 is 0 Å². The molecule has 0 atom stereocenters. The van der Waals surface area contributed by atoms with Crippen LogP contribution in [0.2, 0.25) is 0 Å². The van der Waals surface area contributed by atoms with Gasteiger partial charge in [-0.2, -0.15) is 0 Å². The molecule has 2 heterocycles. The summed E-state index contributed by atoms with van der Waals surface area (Å²) in [7, 11) is 0. The van der Waals surface area contributed by atoms with E-state index in [1.54, 1.807) is 0 Å². The third-order valence-corrected chi connectivity index (χ3v) is 7.01. The first-order valence-electron chi connectivity index (χ1n) is 11.7. The van der Waals surface area contributed by atoms with E-state index in [4.69, 9.17) is 4.98 Å². The Kier molecular flexibility index (Phi) is 4.38. The molecule has 1 aliphatic rings. The highest BCUT2D eigenvalue weighted by Gasteiger charge is 2.35. The second-order valence-corrected chi connectivity index (χ2v) is 9.67. The molecular weight excluding hydrogens is 399 g/mol. The number of aryl methyl sites for hydroxylation is 5. The van der Waals surface area contributed by atoms with Crippen LogP contribution in [0.25, 0.3) is 28.1 Å². The zero-order valence-corrected chi connectivity index (χ0v) is 19.9. The van der Waals surface area contributed by atoms with Crippen LogP contribution in [0.15, 0.2) is 72.8 Å². The van der Waals surface area contributed by atoms with Gasteiger partial charge in [0.1, 0.15) is 5.82 Å². The van der Waals surface area contributed by atoms with Crippen molar-refractivity contribution in [2.24, 2.45) is 0 Å². The highest BCUT2D eigenvalue weighted by atomic mass is 15.1. The average Bonchev–Trinajstić information content (AvgIpc) is 3.15. The van der Waals surface area contributed by atoms with Crippen LogP contribution in [0, 0.1) is 34.6 Å². The Hall–Kier alpha value is -3.59. The molecule has 1 aromatic heterocycles. The van der Waals surface area contributed by atoms with E-state index in [1.807, 2.05) is 0 Å². The van der Waals surface area contributed by atoms with Gasteiger partial charge < -0.3 is 0 Å². The number of hydrogen-bond acceptors (Lipinski definition) is 1. The maximum absolute atomic E-state index is 5.19. The van der Waals surface area contributed by atoms with Crippen LogP contribution in [-0.2, 0) is 0 Å². The molecule has 6 rings (SSSR count). The van der Waals surface area contributed by atoms with Crippen LogP contribution in [-0.4, -0.2) is 16.3 Å². The van der Waals surface area contributed by atoms with Gasteiger partial charge in [0.05, 0.1) is 11.0 Å². The van der Waals surface area contributed by atoms with E-state index in [0.29, 0.717) is 0 Å². The molecule has 0 bridgehead atoms. The predicted octanol–water partition coefficient (Wildman–Crippen LogP) is 5.06. The number of para-hydroxylation sites is 2. The molecule has 0 amide bonds. The molecule has 0 saturated carbocycles. The molecule has 1 aliphatic heterocycles. The fraction of sp³-hybridized carbons (Fsp3) is 0.167.